The third-order valence-electron chi connectivity index (χ3n) is 1.56. The van der Waals surface area contributed by atoms with Crippen LogP contribution in [0.15, 0.2) is 0 Å². The highest BCUT2D eigenvalue weighted by molar-refractivity contribution is 6.02. The molecule has 0 aromatic heterocycles. The summed E-state index contributed by atoms with van der Waals surface area (Å²) in [6.07, 6.45) is 0. The zero-order valence-electron chi connectivity index (χ0n) is 7.47. The molecule has 0 aliphatic carbocycles. The van der Waals surface area contributed by atoms with Crippen molar-refractivity contribution in [2.45, 2.75) is 27.7 Å². The quantitative estimate of drug-likeness (QED) is 0.600. The van der Waals surface area contributed by atoms with Crippen LogP contribution in [0.25, 0.3) is 0 Å². The Morgan fingerprint density at radius 2 is 1.64 bits per heavy atom. The molecule has 1 amide bonds. The van der Waals surface area contributed by atoms with E-state index in [9.17, 15) is 9.59 Å². The fraction of sp³-hybridized carbons (Fsp3) is 0.750. The van der Waals surface area contributed by atoms with Crippen LogP contribution in [0.5, 0.6) is 0 Å². The van der Waals surface area contributed by atoms with Gasteiger partial charge in [0.1, 0.15) is 5.78 Å². The van der Waals surface area contributed by atoms with E-state index in [0.29, 0.717) is 0 Å². The number of nitrogens with two attached hydrogens (primary N) is 1. The fourth-order valence-electron chi connectivity index (χ4n) is 0.779. The molecule has 0 aromatic rings. The molecule has 0 aromatic carbocycles. The van der Waals surface area contributed by atoms with Gasteiger partial charge in [0.25, 0.3) is 0 Å². The summed E-state index contributed by atoms with van der Waals surface area (Å²) >= 11 is 0. The normalized spacial score (nSPS) is 14.2. The third kappa shape index (κ3) is 2.70. The third-order valence-corrected chi connectivity index (χ3v) is 1.56. The predicted molar refractivity (Wildman–Crippen MR) is 42.8 cm³/mol. The minimum atomic E-state index is -0.671. The van der Waals surface area contributed by atoms with E-state index in [1.807, 2.05) is 0 Å². The van der Waals surface area contributed by atoms with Crippen LogP contribution in [0.3, 0.4) is 0 Å². The lowest BCUT2D eigenvalue weighted by Gasteiger charge is -2.19. The first-order valence-corrected chi connectivity index (χ1v) is 3.60. The van der Waals surface area contributed by atoms with Crippen molar-refractivity contribution in [1.29, 1.82) is 0 Å². The predicted octanol–water partition coefficient (Wildman–Crippen LogP) is 0.723. The summed E-state index contributed by atoms with van der Waals surface area (Å²) in [5, 5.41) is 0. The Kier molecular flexibility index (Phi) is 2.79. The molecule has 64 valence electrons. The number of rotatable bonds is 2. The molecule has 3 nitrogen and oxygen atoms in total. The van der Waals surface area contributed by atoms with E-state index in [2.05, 4.69) is 0 Å². The zero-order valence-corrected chi connectivity index (χ0v) is 7.47. The van der Waals surface area contributed by atoms with Gasteiger partial charge in [0, 0.05) is 5.41 Å². The van der Waals surface area contributed by atoms with Gasteiger partial charge in [0.15, 0.2) is 0 Å². The van der Waals surface area contributed by atoms with E-state index in [0.717, 1.165) is 0 Å². The smallest absolute Gasteiger partial charge is 0.227 e. The Hall–Kier alpha value is -0.860. The zero-order chi connectivity index (χ0) is 9.23. The van der Waals surface area contributed by atoms with Crippen LogP contribution in [0, 0.1) is 11.3 Å². The molecule has 1 atom stereocenters. The van der Waals surface area contributed by atoms with E-state index in [-0.39, 0.29) is 5.78 Å². The van der Waals surface area contributed by atoms with E-state index in [1.165, 1.54) is 6.92 Å². The molecule has 11 heavy (non-hydrogen) atoms. The van der Waals surface area contributed by atoms with Crippen molar-refractivity contribution in [2.75, 3.05) is 0 Å². The van der Waals surface area contributed by atoms with Crippen molar-refractivity contribution in [1.82, 2.24) is 0 Å². The molecule has 0 aliphatic rings. The number of Topliss-reactive ketones (excluding diaryl/α,β-unsaturated/α-hetero) is 1. The van der Waals surface area contributed by atoms with Crippen molar-refractivity contribution >= 4 is 11.7 Å². The van der Waals surface area contributed by atoms with E-state index in [4.69, 9.17) is 5.73 Å². The van der Waals surface area contributed by atoms with E-state index >= 15 is 0 Å². The first kappa shape index (κ1) is 10.1. The Balaban J connectivity index is 4.39. The van der Waals surface area contributed by atoms with Gasteiger partial charge in [0.2, 0.25) is 5.91 Å². The Morgan fingerprint density at radius 1 is 1.27 bits per heavy atom. The molecule has 3 heteroatoms. The average Bonchev–Trinajstić information content (AvgIpc) is 1.82. The summed E-state index contributed by atoms with van der Waals surface area (Å²) < 4.78 is 0. The van der Waals surface area contributed by atoms with Gasteiger partial charge < -0.3 is 5.73 Å². The molecule has 0 spiro atoms. The van der Waals surface area contributed by atoms with Crippen LogP contribution in [0.2, 0.25) is 0 Å². The maximum Gasteiger partial charge on any atom is 0.227 e. The van der Waals surface area contributed by atoms with E-state index in [1.54, 1.807) is 20.8 Å². The minimum Gasteiger partial charge on any atom is -0.369 e. The lowest BCUT2D eigenvalue weighted by Crippen LogP contribution is -2.35. The number of ketones is 1. The molecular formula is C8H15NO2. The van der Waals surface area contributed by atoms with Gasteiger partial charge in [-0.2, -0.15) is 0 Å². The number of carbonyl (C=O) groups excluding carboxylic acids is 2. The van der Waals surface area contributed by atoms with Crippen molar-refractivity contribution < 1.29 is 9.59 Å². The van der Waals surface area contributed by atoms with Crippen LogP contribution in [0.1, 0.15) is 27.7 Å². The maximum atomic E-state index is 11.3. The van der Waals surface area contributed by atoms with Gasteiger partial charge in [0.05, 0.1) is 5.92 Å². The second-order valence-electron chi connectivity index (χ2n) is 3.74. The molecule has 0 saturated heterocycles. The number of hydrogen-bond acceptors (Lipinski definition) is 2. The second-order valence-corrected chi connectivity index (χ2v) is 3.74. The summed E-state index contributed by atoms with van der Waals surface area (Å²) in [4.78, 5) is 21.9. The first-order valence-electron chi connectivity index (χ1n) is 3.60. The van der Waals surface area contributed by atoms with Crippen molar-refractivity contribution in [3.05, 3.63) is 0 Å². The molecule has 0 bridgehead atoms. The summed E-state index contributed by atoms with van der Waals surface area (Å²) in [7, 11) is 0. The SMILES string of the molecule is CC(C(N)=O)C(=O)C(C)(C)C. The molecule has 0 aliphatic heterocycles. The first-order chi connectivity index (χ1) is 4.76. The van der Waals surface area contributed by atoms with Gasteiger partial charge >= 0.3 is 0 Å². The maximum absolute atomic E-state index is 11.3. The number of carbonyl (C=O) groups is 2. The molecule has 0 fully saturated rings. The fourth-order valence-corrected chi connectivity index (χ4v) is 0.779. The van der Waals surface area contributed by atoms with Crippen molar-refractivity contribution in [3.63, 3.8) is 0 Å². The standard InChI is InChI=1S/C8H15NO2/c1-5(7(9)11)6(10)8(2,3)4/h5H,1-4H3,(H2,9,11). The molecule has 1 unspecified atom stereocenters. The van der Waals surface area contributed by atoms with Crippen molar-refractivity contribution in [3.8, 4) is 0 Å². The Bertz CT molecular complexity index is 179. The number of amides is 1. The summed E-state index contributed by atoms with van der Waals surface area (Å²) in [6, 6.07) is 0. The molecule has 0 rings (SSSR count). The van der Waals surface area contributed by atoms with Gasteiger partial charge in [-0.15, -0.1) is 0 Å². The number of primary amides is 1. The minimum absolute atomic E-state index is 0.106. The Labute approximate surface area is 67.0 Å². The summed E-state index contributed by atoms with van der Waals surface area (Å²) in [5.74, 6) is -1.33. The van der Waals surface area contributed by atoms with Crippen LogP contribution in [0.4, 0.5) is 0 Å². The molecule has 0 saturated carbocycles. The molecular weight excluding hydrogens is 142 g/mol. The number of hydrogen-bond donors (Lipinski definition) is 1. The lowest BCUT2D eigenvalue weighted by atomic mass is 9.83. The lowest BCUT2D eigenvalue weighted by molar-refractivity contribution is -0.136. The summed E-state index contributed by atoms with van der Waals surface area (Å²) in [5.41, 5.74) is 4.50. The highest BCUT2D eigenvalue weighted by atomic mass is 16.2. The van der Waals surface area contributed by atoms with E-state index < -0.39 is 17.2 Å². The second kappa shape index (κ2) is 3.03. The monoisotopic (exact) mass is 157 g/mol. The largest absolute Gasteiger partial charge is 0.369 e. The van der Waals surface area contributed by atoms with Gasteiger partial charge in [-0.3, -0.25) is 9.59 Å². The highest BCUT2D eigenvalue weighted by Gasteiger charge is 2.29. The van der Waals surface area contributed by atoms with Gasteiger partial charge in [-0.05, 0) is 6.92 Å². The molecule has 0 heterocycles. The Morgan fingerprint density at radius 3 is 1.73 bits per heavy atom. The topological polar surface area (TPSA) is 60.2 Å². The highest BCUT2D eigenvalue weighted by Crippen LogP contribution is 2.19. The van der Waals surface area contributed by atoms with Crippen LogP contribution >= 0.6 is 0 Å². The summed E-state index contributed by atoms with van der Waals surface area (Å²) in [6.45, 7) is 6.86. The molecule has 0 radical (unpaired) electrons. The van der Waals surface area contributed by atoms with Crippen LogP contribution < -0.4 is 5.73 Å². The van der Waals surface area contributed by atoms with Crippen LogP contribution in [-0.4, -0.2) is 11.7 Å². The van der Waals surface area contributed by atoms with Gasteiger partial charge in [-0.1, -0.05) is 20.8 Å². The van der Waals surface area contributed by atoms with Crippen molar-refractivity contribution in [2.24, 2.45) is 17.1 Å². The molecule has 2 N–H and O–H groups in total. The van der Waals surface area contributed by atoms with Crippen LogP contribution in [-0.2, 0) is 9.59 Å². The van der Waals surface area contributed by atoms with Gasteiger partial charge in [-0.25, -0.2) is 0 Å². The average molecular weight is 157 g/mol.